The van der Waals surface area contributed by atoms with Gasteiger partial charge in [-0.2, -0.15) is 0 Å². The van der Waals surface area contributed by atoms with Gasteiger partial charge in [0.1, 0.15) is 0 Å². The fraction of sp³-hybridized carbons (Fsp3) is 0.950. The normalized spacial score (nSPS) is 25.1. The number of nitrogens with one attached hydrogen (secondary N) is 2. The molecule has 2 unspecified atom stereocenters. The maximum Gasteiger partial charge on any atom is 0.191 e. The number of aliphatic imine (C=N–C) groups is 1. The van der Waals surface area contributed by atoms with E-state index >= 15 is 0 Å². The van der Waals surface area contributed by atoms with E-state index in [1.165, 1.54) is 71.2 Å². The first-order chi connectivity index (χ1) is 12.2. The first-order valence-corrected chi connectivity index (χ1v) is 10.7. The van der Waals surface area contributed by atoms with E-state index in [0.717, 1.165) is 37.6 Å². The molecule has 0 aromatic carbocycles. The van der Waals surface area contributed by atoms with Gasteiger partial charge in [0, 0.05) is 38.8 Å². The van der Waals surface area contributed by atoms with Gasteiger partial charge in [-0.25, -0.2) is 0 Å². The summed E-state index contributed by atoms with van der Waals surface area (Å²) in [7, 11) is 0. The van der Waals surface area contributed by atoms with Crippen LogP contribution in [0.15, 0.2) is 4.99 Å². The number of likely N-dealkylation sites (tertiary alicyclic amines) is 2. The van der Waals surface area contributed by atoms with Crippen molar-refractivity contribution in [1.82, 2.24) is 20.4 Å². The van der Waals surface area contributed by atoms with Crippen LogP contribution in [0.4, 0.5) is 0 Å². The number of guanidine groups is 1. The second-order valence-corrected chi connectivity index (χ2v) is 7.84. The van der Waals surface area contributed by atoms with E-state index < -0.39 is 0 Å². The summed E-state index contributed by atoms with van der Waals surface area (Å²) in [6.07, 6.45) is 7.91. The molecule has 0 aliphatic carbocycles. The maximum atomic E-state index is 4.84. The van der Waals surface area contributed by atoms with Crippen molar-refractivity contribution in [2.75, 3.05) is 52.4 Å². The van der Waals surface area contributed by atoms with Crippen LogP contribution in [0.2, 0.25) is 0 Å². The van der Waals surface area contributed by atoms with Crippen LogP contribution >= 0.6 is 24.0 Å². The maximum absolute atomic E-state index is 4.84. The summed E-state index contributed by atoms with van der Waals surface area (Å²) in [6, 6.07) is 0.768. The van der Waals surface area contributed by atoms with Crippen LogP contribution in [-0.2, 0) is 0 Å². The molecular formula is C20H42IN5. The zero-order valence-corrected chi connectivity index (χ0v) is 19.6. The van der Waals surface area contributed by atoms with Gasteiger partial charge in [0.05, 0.1) is 0 Å². The van der Waals surface area contributed by atoms with Gasteiger partial charge in [0.15, 0.2) is 5.96 Å². The molecule has 0 saturated carbocycles. The quantitative estimate of drug-likeness (QED) is 0.231. The smallest absolute Gasteiger partial charge is 0.191 e. The summed E-state index contributed by atoms with van der Waals surface area (Å²) >= 11 is 0. The molecule has 0 bridgehead atoms. The summed E-state index contributed by atoms with van der Waals surface area (Å²) in [6.45, 7) is 15.9. The highest BCUT2D eigenvalue weighted by Crippen LogP contribution is 2.17. The van der Waals surface area contributed by atoms with Crippen molar-refractivity contribution in [3.8, 4) is 0 Å². The number of piperidine rings is 1. The number of rotatable bonds is 9. The van der Waals surface area contributed by atoms with E-state index in [9.17, 15) is 0 Å². The van der Waals surface area contributed by atoms with Crippen molar-refractivity contribution >= 4 is 29.9 Å². The lowest BCUT2D eigenvalue weighted by atomic mass is 10.0. The van der Waals surface area contributed by atoms with Gasteiger partial charge in [0.25, 0.3) is 0 Å². The average Bonchev–Trinajstić information content (AvgIpc) is 3.06. The Morgan fingerprint density at radius 2 is 1.92 bits per heavy atom. The van der Waals surface area contributed by atoms with Crippen molar-refractivity contribution in [2.24, 2.45) is 10.9 Å². The Bertz CT molecular complexity index is 390. The second kappa shape index (κ2) is 14.0. The van der Waals surface area contributed by atoms with Crippen molar-refractivity contribution in [2.45, 2.75) is 65.3 Å². The Kier molecular flexibility index (Phi) is 12.9. The van der Waals surface area contributed by atoms with Gasteiger partial charge in [-0.15, -0.1) is 24.0 Å². The Morgan fingerprint density at radius 3 is 2.65 bits per heavy atom. The lowest BCUT2D eigenvalue weighted by molar-refractivity contribution is 0.159. The van der Waals surface area contributed by atoms with Gasteiger partial charge in [-0.3, -0.25) is 4.99 Å². The highest BCUT2D eigenvalue weighted by molar-refractivity contribution is 14.0. The molecule has 26 heavy (non-hydrogen) atoms. The predicted octanol–water partition coefficient (Wildman–Crippen LogP) is 3.16. The summed E-state index contributed by atoms with van der Waals surface area (Å²) in [5.41, 5.74) is 0. The molecule has 2 aliphatic rings. The molecule has 2 aliphatic heterocycles. The molecule has 2 heterocycles. The second-order valence-electron chi connectivity index (χ2n) is 7.84. The van der Waals surface area contributed by atoms with Crippen LogP contribution in [0, 0.1) is 5.92 Å². The Labute approximate surface area is 178 Å². The van der Waals surface area contributed by atoms with Crippen LogP contribution in [0.5, 0.6) is 0 Å². The third kappa shape index (κ3) is 8.74. The minimum atomic E-state index is 0. The summed E-state index contributed by atoms with van der Waals surface area (Å²) in [4.78, 5) is 10.1. The number of hydrogen-bond donors (Lipinski definition) is 2. The molecule has 5 nitrogen and oxygen atoms in total. The topological polar surface area (TPSA) is 42.9 Å². The van der Waals surface area contributed by atoms with E-state index in [1.54, 1.807) is 0 Å². The first-order valence-electron chi connectivity index (χ1n) is 10.7. The van der Waals surface area contributed by atoms with Gasteiger partial charge >= 0.3 is 0 Å². The number of halogens is 1. The molecule has 2 N–H and O–H groups in total. The Morgan fingerprint density at radius 1 is 1.08 bits per heavy atom. The molecule has 6 heteroatoms. The van der Waals surface area contributed by atoms with Crippen molar-refractivity contribution in [3.63, 3.8) is 0 Å². The molecule has 0 aromatic heterocycles. The van der Waals surface area contributed by atoms with Crippen molar-refractivity contribution in [1.29, 1.82) is 0 Å². The fourth-order valence-electron chi connectivity index (χ4n) is 4.12. The zero-order valence-electron chi connectivity index (χ0n) is 17.3. The zero-order chi connectivity index (χ0) is 17.9. The molecule has 2 atom stereocenters. The van der Waals surface area contributed by atoms with E-state index in [2.05, 4.69) is 41.2 Å². The lowest BCUT2D eigenvalue weighted by Crippen LogP contribution is -2.41. The highest BCUT2D eigenvalue weighted by atomic mass is 127. The van der Waals surface area contributed by atoms with Crippen LogP contribution in [-0.4, -0.2) is 74.2 Å². The molecule has 0 radical (unpaired) electrons. The summed E-state index contributed by atoms with van der Waals surface area (Å²) in [5, 5.41) is 6.94. The standard InChI is InChI=1S/C20H41N5.HI/c1-4-12-24-15-10-19(17-24)16-23-20(21-5-2)22-11-8-14-25-13-7-6-9-18(25)3;/h18-19H,4-17H2,1-3H3,(H2,21,22,23);1H. The van der Waals surface area contributed by atoms with E-state index in [0.29, 0.717) is 0 Å². The molecule has 0 amide bonds. The van der Waals surface area contributed by atoms with Gasteiger partial charge in [0.2, 0.25) is 0 Å². The SMILES string of the molecule is CCCN1CCC(CN=C(NCC)NCCCN2CCCCC2C)C1.I. The molecule has 0 aromatic rings. The largest absolute Gasteiger partial charge is 0.357 e. The lowest BCUT2D eigenvalue weighted by Gasteiger charge is -2.33. The third-order valence-corrected chi connectivity index (χ3v) is 5.62. The van der Waals surface area contributed by atoms with Gasteiger partial charge in [-0.05, 0) is 71.5 Å². The fourth-order valence-corrected chi connectivity index (χ4v) is 4.12. The summed E-state index contributed by atoms with van der Waals surface area (Å²) < 4.78 is 0. The molecule has 2 saturated heterocycles. The van der Waals surface area contributed by atoms with Crippen LogP contribution in [0.3, 0.4) is 0 Å². The van der Waals surface area contributed by atoms with E-state index in [1.807, 2.05) is 0 Å². The number of nitrogens with zero attached hydrogens (tertiary/aromatic N) is 3. The Balaban J connectivity index is 0.00000338. The molecule has 0 spiro atoms. The molecule has 2 fully saturated rings. The number of hydrogen-bond acceptors (Lipinski definition) is 3. The van der Waals surface area contributed by atoms with Crippen molar-refractivity contribution < 1.29 is 0 Å². The van der Waals surface area contributed by atoms with Crippen LogP contribution < -0.4 is 10.6 Å². The van der Waals surface area contributed by atoms with Crippen LogP contribution in [0.25, 0.3) is 0 Å². The molecule has 154 valence electrons. The third-order valence-electron chi connectivity index (χ3n) is 5.62. The minimum absolute atomic E-state index is 0. The van der Waals surface area contributed by atoms with E-state index in [-0.39, 0.29) is 24.0 Å². The molecule has 2 rings (SSSR count). The van der Waals surface area contributed by atoms with Crippen LogP contribution in [0.1, 0.15) is 59.3 Å². The summed E-state index contributed by atoms with van der Waals surface area (Å²) in [5.74, 6) is 1.74. The monoisotopic (exact) mass is 479 g/mol. The first kappa shape index (κ1) is 24.0. The minimum Gasteiger partial charge on any atom is -0.357 e. The predicted molar refractivity (Wildman–Crippen MR) is 124 cm³/mol. The van der Waals surface area contributed by atoms with Gasteiger partial charge < -0.3 is 20.4 Å². The molecular weight excluding hydrogens is 437 g/mol. The average molecular weight is 479 g/mol. The van der Waals surface area contributed by atoms with Crippen molar-refractivity contribution in [3.05, 3.63) is 0 Å². The van der Waals surface area contributed by atoms with E-state index in [4.69, 9.17) is 4.99 Å². The van der Waals surface area contributed by atoms with Gasteiger partial charge in [-0.1, -0.05) is 13.3 Å². The highest BCUT2D eigenvalue weighted by Gasteiger charge is 2.21. The Hall–Kier alpha value is -0.0800.